The van der Waals surface area contributed by atoms with Crippen LogP contribution < -0.4 is 0 Å². The number of carbonyl (C=O) groups is 1. The highest BCUT2D eigenvalue weighted by Crippen LogP contribution is 2.24. The average molecular weight is 316 g/mol. The van der Waals surface area contributed by atoms with Gasteiger partial charge in [-0.05, 0) is 25.1 Å². The Kier molecular flexibility index (Phi) is 4.11. The molecule has 116 valence electrons. The molecule has 1 aromatic carbocycles. The Morgan fingerprint density at radius 2 is 1.55 bits per heavy atom. The van der Waals surface area contributed by atoms with Crippen LogP contribution in [0.15, 0.2) is 12.1 Å². The number of aromatic nitrogens is 2. The van der Waals surface area contributed by atoms with Crippen LogP contribution in [-0.4, -0.2) is 15.6 Å². The lowest BCUT2D eigenvalue weighted by Gasteiger charge is -2.04. The maximum atomic E-state index is 13.4. The number of hydrogen-bond donors (Lipinski definition) is 0. The summed E-state index contributed by atoms with van der Waals surface area (Å²) in [5.74, 6) is -11.1. The minimum absolute atomic E-state index is 0.109. The maximum absolute atomic E-state index is 13.4. The highest BCUT2D eigenvalue weighted by atomic mass is 19.2. The lowest BCUT2D eigenvalue weighted by atomic mass is 10.1. The van der Waals surface area contributed by atoms with Crippen molar-refractivity contribution in [3.8, 4) is 0 Å². The largest absolute Gasteiger partial charge is 0.288 e. The van der Waals surface area contributed by atoms with E-state index >= 15 is 0 Å². The van der Waals surface area contributed by atoms with Crippen molar-refractivity contribution >= 4 is 11.9 Å². The predicted octanol–water partition coefficient (Wildman–Crippen LogP) is 3.32. The van der Waals surface area contributed by atoms with Gasteiger partial charge in [0.05, 0.1) is 11.3 Å². The standard InChI is InChI=1S/C14H9F5N2O/c1-6-5-8(21(2)20-6)9(22)4-3-7-10(15)12(17)14(19)13(18)11(7)16/h3-5H,1-2H3/b4-3+. The molecule has 3 nitrogen and oxygen atoms in total. The number of rotatable bonds is 3. The summed E-state index contributed by atoms with van der Waals surface area (Å²) in [6, 6.07) is 1.42. The second-order valence-electron chi connectivity index (χ2n) is 4.48. The van der Waals surface area contributed by atoms with Crippen LogP contribution in [0.1, 0.15) is 21.7 Å². The zero-order chi connectivity index (χ0) is 16.6. The average Bonchev–Trinajstić information content (AvgIpc) is 2.81. The Morgan fingerprint density at radius 1 is 1.05 bits per heavy atom. The van der Waals surface area contributed by atoms with Crippen molar-refractivity contribution in [1.82, 2.24) is 9.78 Å². The van der Waals surface area contributed by atoms with Gasteiger partial charge in [0, 0.05) is 7.05 Å². The maximum Gasteiger partial charge on any atom is 0.203 e. The highest BCUT2D eigenvalue weighted by molar-refractivity contribution is 6.05. The number of aryl methyl sites for hydroxylation is 2. The topological polar surface area (TPSA) is 34.9 Å². The van der Waals surface area contributed by atoms with E-state index in [4.69, 9.17) is 0 Å². The molecule has 0 saturated heterocycles. The quantitative estimate of drug-likeness (QED) is 0.286. The Hall–Kier alpha value is -2.51. The number of hydrogen-bond acceptors (Lipinski definition) is 2. The van der Waals surface area contributed by atoms with Gasteiger partial charge in [0.2, 0.25) is 11.6 Å². The van der Waals surface area contributed by atoms with Gasteiger partial charge in [-0.15, -0.1) is 0 Å². The van der Waals surface area contributed by atoms with Crippen molar-refractivity contribution in [2.24, 2.45) is 7.05 Å². The molecule has 22 heavy (non-hydrogen) atoms. The summed E-state index contributed by atoms with van der Waals surface area (Å²) in [6.07, 6.45) is 1.26. The number of ketones is 1. The lowest BCUT2D eigenvalue weighted by molar-refractivity contribution is 0.103. The third-order valence-corrected chi connectivity index (χ3v) is 2.90. The van der Waals surface area contributed by atoms with Crippen LogP contribution in [0.4, 0.5) is 22.0 Å². The van der Waals surface area contributed by atoms with Gasteiger partial charge >= 0.3 is 0 Å². The van der Waals surface area contributed by atoms with E-state index in [1.807, 2.05) is 0 Å². The number of allylic oxidation sites excluding steroid dienone is 1. The van der Waals surface area contributed by atoms with Crippen LogP contribution in [-0.2, 0) is 7.05 Å². The van der Waals surface area contributed by atoms with Crippen LogP contribution in [0.3, 0.4) is 0 Å². The molecule has 0 atom stereocenters. The molecule has 0 bridgehead atoms. The van der Waals surface area contributed by atoms with Crippen LogP contribution >= 0.6 is 0 Å². The summed E-state index contributed by atoms with van der Waals surface area (Å²) in [4.78, 5) is 11.9. The molecular weight excluding hydrogens is 307 g/mol. The number of benzene rings is 1. The van der Waals surface area contributed by atoms with E-state index in [0.29, 0.717) is 17.8 Å². The first-order valence-electron chi connectivity index (χ1n) is 5.98. The molecule has 1 heterocycles. The molecule has 0 radical (unpaired) electrons. The van der Waals surface area contributed by atoms with E-state index in [2.05, 4.69) is 5.10 Å². The predicted molar refractivity (Wildman–Crippen MR) is 67.5 cm³/mol. The van der Waals surface area contributed by atoms with Gasteiger partial charge in [0.25, 0.3) is 0 Å². The lowest BCUT2D eigenvalue weighted by Crippen LogP contribution is -2.06. The van der Waals surface area contributed by atoms with E-state index in [1.165, 1.54) is 17.8 Å². The first kappa shape index (κ1) is 15.9. The fourth-order valence-corrected chi connectivity index (χ4v) is 1.85. The SMILES string of the molecule is Cc1cc(C(=O)/C=C/c2c(F)c(F)c(F)c(F)c2F)n(C)n1. The minimum Gasteiger partial charge on any atom is -0.288 e. The van der Waals surface area contributed by atoms with Crippen molar-refractivity contribution in [2.75, 3.05) is 0 Å². The molecule has 0 spiro atoms. The van der Waals surface area contributed by atoms with Crippen molar-refractivity contribution in [1.29, 1.82) is 0 Å². The molecule has 8 heteroatoms. The molecule has 1 aromatic heterocycles. The molecule has 0 fully saturated rings. The first-order valence-corrected chi connectivity index (χ1v) is 5.98. The summed E-state index contributed by atoms with van der Waals surface area (Å²) in [5.41, 5.74) is -0.531. The molecule has 2 aromatic rings. The first-order chi connectivity index (χ1) is 10.2. The molecule has 0 amide bonds. The van der Waals surface area contributed by atoms with Gasteiger partial charge in [0.15, 0.2) is 23.3 Å². The van der Waals surface area contributed by atoms with E-state index in [1.54, 1.807) is 6.92 Å². The van der Waals surface area contributed by atoms with Gasteiger partial charge in [-0.3, -0.25) is 9.48 Å². The zero-order valence-corrected chi connectivity index (χ0v) is 11.4. The molecule has 0 aliphatic rings. The summed E-state index contributed by atoms with van der Waals surface area (Å²) in [6.45, 7) is 1.63. The van der Waals surface area contributed by atoms with Crippen LogP contribution in [0, 0.1) is 36.0 Å². The molecule has 0 saturated carbocycles. The number of carbonyl (C=O) groups excluding carboxylic acids is 1. The van der Waals surface area contributed by atoms with Crippen LogP contribution in [0.5, 0.6) is 0 Å². The smallest absolute Gasteiger partial charge is 0.203 e. The third kappa shape index (κ3) is 2.63. The fourth-order valence-electron chi connectivity index (χ4n) is 1.85. The summed E-state index contributed by atoms with van der Waals surface area (Å²) in [7, 11) is 1.48. The van der Waals surface area contributed by atoms with Gasteiger partial charge in [-0.1, -0.05) is 0 Å². The number of nitrogens with zero attached hydrogens (tertiary/aromatic N) is 2. The number of halogens is 5. The Bertz CT molecular complexity index is 766. The van der Waals surface area contributed by atoms with Crippen molar-refractivity contribution in [3.63, 3.8) is 0 Å². The third-order valence-electron chi connectivity index (χ3n) is 2.90. The van der Waals surface area contributed by atoms with Gasteiger partial charge in [-0.25, -0.2) is 22.0 Å². The molecular formula is C14H9F5N2O. The minimum atomic E-state index is -2.25. The monoisotopic (exact) mass is 316 g/mol. The normalized spacial score (nSPS) is 11.4. The van der Waals surface area contributed by atoms with Gasteiger partial charge < -0.3 is 0 Å². The molecule has 0 aliphatic carbocycles. The Balaban J connectivity index is 2.43. The van der Waals surface area contributed by atoms with Crippen molar-refractivity contribution in [2.45, 2.75) is 6.92 Å². The molecule has 2 rings (SSSR count). The van der Waals surface area contributed by atoms with Gasteiger partial charge in [0.1, 0.15) is 5.69 Å². The van der Waals surface area contributed by atoms with Crippen LogP contribution in [0.25, 0.3) is 6.08 Å². The van der Waals surface area contributed by atoms with Crippen LogP contribution in [0.2, 0.25) is 0 Å². The second kappa shape index (κ2) is 5.70. The van der Waals surface area contributed by atoms with E-state index < -0.39 is 40.4 Å². The Morgan fingerprint density at radius 3 is 2.00 bits per heavy atom. The fraction of sp³-hybridized carbons (Fsp3) is 0.143. The highest BCUT2D eigenvalue weighted by Gasteiger charge is 2.24. The van der Waals surface area contributed by atoms with E-state index in [9.17, 15) is 26.7 Å². The van der Waals surface area contributed by atoms with E-state index in [0.717, 1.165) is 0 Å². The summed E-state index contributed by atoms with van der Waals surface area (Å²) >= 11 is 0. The Labute approximate surface area is 121 Å². The van der Waals surface area contributed by atoms with Crippen molar-refractivity contribution in [3.05, 3.63) is 58.2 Å². The zero-order valence-electron chi connectivity index (χ0n) is 11.4. The molecule has 0 N–H and O–H groups in total. The second-order valence-corrected chi connectivity index (χ2v) is 4.48. The van der Waals surface area contributed by atoms with Crippen molar-refractivity contribution < 1.29 is 26.7 Å². The summed E-state index contributed by atoms with van der Waals surface area (Å²) < 4.78 is 67.0. The van der Waals surface area contributed by atoms with Gasteiger partial charge in [-0.2, -0.15) is 5.10 Å². The van der Waals surface area contributed by atoms with E-state index in [-0.39, 0.29) is 5.69 Å². The summed E-state index contributed by atoms with van der Waals surface area (Å²) in [5, 5.41) is 3.91. The molecule has 0 unspecified atom stereocenters. The molecule has 0 aliphatic heterocycles.